The Balaban J connectivity index is 1.72. The van der Waals surface area contributed by atoms with Gasteiger partial charge in [0.05, 0.1) is 11.3 Å². The first-order valence-electron chi connectivity index (χ1n) is 7.89. The molecule has 0 aliphatic heterocycles. The van der Waals surface area contributed by atoms with Crippen molar-refractivity contribution in [1.82, 2.24) is 20.2 Å². The van der Waals surface area contributed by atoms with Gasteiger partial charge in [0.25, 0.3) is 0 Å². The van der Waals surface area contributed by atoms with Gasteiger partial charge in [-0.15, -0.1) is 5.10 Å². The van der Waals surface area contributed by atoms with Crippen molar-refractivity contribution in [2.75, 3.05) is 0 Å². The number of ketones is 1. The van der Waals surface area contributed by atoms with Gasteiger partial charge in [-0.3, -0.25) is 4.79 Å². The SMILES string of the molecule is CC(Sc1nnnn1C1CCCCC1)C(=O)c1cccc(Cl)c1. The Morgan fingerprint density at radius 3 is 2.87 bits per heavy atom. The summed E-state index contributed by atoms with van der Waals surface area (Å²) in [6, 6.07) is 7.40. The molecule has 1 unspecified atom stereocenters. The van der Waals surface area contributed by atoms with E-state index in [1.165, 1.54) is 31.0 Å². The highest BCUT2D eigenvalue weighted by Gasteiger charge is 2.24. The average molecular weight is 351 g/mol. The minimum Gasteiger partial charge on any atom is -0.293 e. The summed E-state index contributed by atoms with van der Waals surface area (Å²) in [5.41, 5.74) is 0.620. The molecule has 0 bridgehead atoms. The number of hydrogen-bond acceptors (Lipinski definition) is 5. The van der Waals surface area contributed by atoms with E-state index in [0.717, 1.165) is 18.0 Å². The minimum absolute atomic E-state index is 0.0377. The quantitative estimate of drug-likeness (QED) is 0.597. The maximum absolute atomic E-state index is 12.6. The predicted molar refractivity (Wildman–Crippen MR) is 91.0 cm³/mol. The number of carbonyl (C=O) groups is 1. The van der Waals surface area contributed by atoms with E-state index < -0.39 is 0 Å². The Morgan fingerprint density at radius 2 is 2.13 bits per heavy atom. The molecule has 0 amide bonds. The highest BCUT2D eigenvalue weighted by molar-refractivity contribution is 8.00. The van der Waals surface area contributed by atoms with Crippen molar-refractivity contribution in [2.24, 2.45) is 0 Å². The maximum atomic E-state index is 12.6. The van der Waals surface area contributed by atoms with Crippen LogP contribution >= 0.6 is 23.4 Å². The van der Waals surface area contributed by atoms with Gasteiger partial charge in [-0.05, 0) is 42.3 Å². The molecule has 1 saturated carbocycles. The maximum Gasteiger partial charge on any atom is 0.210 e. The number of rotatable bonds is 5. The molecule has 1 aliphatic carbocycles. The van der Waals surface area contributed by atoms with E-state index in [1.54, 1.807) is 24.3 Å². The summed E-state index contributed by atoms with van der Waals surface area (Å²) < 4.78 is 1.89. The molecule has 3 rings (SSSR count). The lowest BCUT2D eigenvalue weighted by Gasteiger charge is -2.22. The van der Waals surface area contributed by atoms with Gasteiger partial charge in [-0.25, -0.2) is 4.68 Å². The second-order valence-electron chi connectivity index (χ2n) is 5.83. The fourth-order valence-electron chi connectivity index (χ4n) is 2.91. The van der Waals surface area contributed by atoms with Crippen molar-refractivity contribution < 1.29 is 4.79 Å². The standard InChI is InChI=1S/C16H19ClN4OS/c1-11(15(22)12-6-5-7-13(17)10-12)23-16-18-19-20-21(16)14-8-3-2-4-9-14/h5-7,10-11,14H,2-4,8-9H2,1H3. The van der Waals surface area contributed by atoms with E-state index in [0.29, 0.717) is 16.6 Å². The second kappa shape index (κ2) is 7.45. The van der Waals surface area contributed by atoms with Gasteiger partial charge in [0.15, 0.2) is 5.78 Å². The van der Waals surface area contributed by atoms with Crippen LogP contribution in [0.5, 0.6) is 0 Å². The molecule has 122 valence electrons. The van der Waals surface area contributed by atoms with Crippen molar-refractivity contribution in [3.05, 3.63) is 34.9 Å². The minimum atomic E-state index is -0.262. The lowest BCUT2D eigenvalue weighted by atomic mass is 9.96. The molecule has 23 heavy (non-hydrogen) atoms. The third kappa shape index (κ3) is 3.93. The van der Waals surface area contributed by atoms with E-state index in [9.17, 15) is 4.79 Å². The number of hydrogen-bond donors (Lipinski definition) is 0. The number of nitrogens with zero attached hydrogens (tertiary/aromatic N) is 4. The molecule has 5 nitrogen and oxygen atoms in total. The number of benzene rings is 1. The molecule has 0 spiro atoms. The predicted octanol–water partition coefficient (Wildman–Crippen LogP) is 4.20. The van der Waals surface area contributed by atoms with Crippen LogP contribution in [-0.4, -0.2) is 31.2 Å². The summed E-state index contributed by atoms with van der Waals surface area (Å²) in [6.45, 7) is 1.88. The number of aromatic nitrogens is 4. The summed E-state index contributed by atoms with van der Waals surface area (Å²) in [6.07, 6.45) is 5.92. The summed E-state index contributed by atoms with van der Waals surface area (Å²) in [5, 5.41) is 13.1. The second-order valence-corrected chi connectivity index (χ2v) is 7.58. The van der Waals surface area contributed by atoms with Crippen molar-refractivity contribution in [1.29, 1.82) is 0 Å². The molecule has 1 aromatic carbocycles. The van der Waals surface area contributed by atoms with Crippen LogP contribution in [0.15, 0.2) is 29.4 Å². The molecule has 2 aromatic rings. The number of halogens is 1. The zero-order chi connectivity index (χ0) is 16.2. The number of tetrazole rings is 1. The number of carbonyl (C=O) groups excluding carboxylic acids is 1. The molecule has 1 heterocycles. The van der Waals surface area contributed by atoms with Crippen LogP contribution < -0.4 is 0 Å². The van der Waals surface area contributed by atoms with E-state index in [4.69, 9.17) is 11.6 Å². The van der Waals surface area contributed by atoms with Gasteiger partial charge in [-0.2, -0.15) is 0 Å². The van der Waals surface area contributed by atoms with Crippen molar-refractivity contribution in [3.8, 4) is 0 Å². The lowest BCUT2D eigenvalue weighted by Crippen LogP contribution is -2.18. The van der Waals surface area contributed by atoms with Gasteiger partial charge in [0.2, 0.25) is 5.16 Å². The Kier molecular flexibility index (Phi) is 5.33. The fourth-order valence-corrected chi connectivity index (χ4v) is 4.03. The molecule has 0 radical (unpaired) electrons. The number of thioether (sulfide) groups is 1. The van der Waals surface area contributed by atoms with E-state index in [-0.39, 0.29) is 11.0 Å². The van der Waals surface area contributed by atoms with Crippen LogP contribution in [0.4, 0.5) is 0 Å². The zero-order valence-electron chi connectivity index (χ0n) is 13.0. The largest absolute Gasteiger partial charge is 0.293 e. The zero-order valence-corrected chi connectivity index (χ0v) is 14.6. The highest BCUT2D eigenvalue weighted by Crippen LogP contribution is 2.32. The molecule has 1 aromatic heterocycles. The Hall–Kier alpha value is -1.40. The van der Waals surface area contributed by atoms with Gasteiger partial charge in [0.1, 0.15) is 0 Å². The van der Waals surface area contributed by atoms with Crippen molar-refractivity contribution in [3.63, 3.8) is 0 Å². The lowest BCUT2D eigenvalue weighted by molar-refractivity contribution is 0.0993. The third-order valence-electron chi connectivity index (χ3n) is 4.14. The molecule has 1 aliphatic rings. The topological polar surface area (TPSA) is 60.7 Å². The Bertz CT molecular complexity index is 684. The smallest absolute Gasteiger partial charge is 0.210 e. The van der Waals surface area contributed by atoms with Crippen LogP contribution in [0, 0.1) is 0 Å². The van der Waals surface area contributed by atoms with Crippen molar-refractivity contribution in [2.45, 2.75) is 55.5 Å². The van der Waals surface area contributed by atoms with E-state index in [1.807, 2.05) is 11.6 Å². The average Bonchev–Trinajstić information content (AvgIpc) is 3.03. The van der Waals surface area contributed by atoms with Crippen LogP contribution in [0.3, 0.4) is 0 Å². The van der Waals surface area contributed by atoms with Crippen LogP contribution in [0.25, 0.3) is 0 Å². The molecule has 7 heteroatoms. The normalized spacial score (nSPS) is 17.1. The highest BCUT2D eigenvalue weighted by atomic mass is 35.5. The molecule has 1 atom stereocenters. The molecule has 1 fully saturated rings. The first kappa shape index (κ1) is 16.5. The summed E-state index contributed by atoms with van der Waals surface area (Å²) in [5.74, 6) is 0.0377. The molecule has 0 saturated heterocycles. The number of Topliss-reactive ketones (excluding diaryl/α,β-unsaturated/α-hetero) is 1. The van der Waals surface area contributed by atoms with E-state index >= 15 is 0 Å². The van der Waals surface area contributed by atoms with Crippen LogP contribution in [0.2, 0.25) is 5.02 Å². The van der Waals surface area contributed by atoms with Gasteiger partial charge in [0, 0.05) is 10.6 Å². The molecular weight excluding hydrogens is 332 g/mol. The van der Waals surface area contributed by atoms with Crippen LogP contribution in [0.1, 0.15) is 55.4 Å². The summed E-state index contributed by atoms with van der Waals surface area (Å²) in [7, 11) is 0. The first-order chi connectivity index (χ1) is 11.1. The monoisotopic (exact) mass is 350 g/mol. The van der Waals surface area contributed by atoms with Crippen LogP contribution in [-0.2, 0) is 0 Å². The Morgan fingerprint density at radius 1 is 1.35 bits per heavy atom. The van der Waals surface area contributed by atoms with E-state index in [2.05, 4.69) is 15.5 Å². The summed E-state index contributed by atoms with van der Waals surface area (Å²) in [4.78, 5) is 12.6. The van der Waals surface area contributed by atoms with Gasteiger partial charge >= 0.3 is 0 Å². The van der Waals surface area contributed by atoms with Gasteiger partial charge < -0.3 is 0 Å². The first-order valence-corrected chi connectivity index (χ1v) is 9.15. The van der Waals surface area contributed by atoms with Gasteiger partial charge in [-0.1, -0.05) is 54.8 Å². The van der Waals surface area contributed by atoms with Crippen molar-refractivity contribution >= 4 is 29.1 Å². The molecule has 0 N–H and O–H groups in total. The Labute approximate surface area is 144 Å². The summed E-state index contributed by atoms with van der Waals surface area (Å²) >= 11 is 7.38. The fraction of sp³-hybridized carbons (Fsp3) is 0.500. The third-order valence-corrected chi connectivity index (χ3v) is 5.43. The molecular formula is C16H19ClN4OS.